The molecular weight excluding hydrogens is 240 g/mol. The van der Waals surface area contributed by atoms with E-state index in [4.69, 9.17) is 2.74 Å². The lowest BCUT2D eigenvalue weighted by molar-refractivity contribution is 1.03. The summed E-state index contributed by atoms with van der Waals surface area (Å²) in [5.41, 5.74) is 2.44. The van der Waals surface area contributed by atoms with Gasteiger partial charge in [-0.15, -0.1) is 0 Å². The van der Waals surface area contributed by atoms with Gasteiger partial charge in [-0.1, -0.05) is 84.9 Å². The third kappa shape index (κ3) is 5.71. The third-order valence-corrected chi connectivity index (χ3v) is 3.06. The standard InChI is InChI=1S/C20H22/c1(3-7-13-19-15-9-5-10-16-19)2-4-8-14-20-17-11-6-12-18-20/h3-12,15-18H,1-2,13-14H2/b7-3-,8-4-/i3D,4D. The van der Waals surface area contributed by atoms with Crippen molar-refractivity contribution in [2.75, 3.05) is 0 Å². The van der Waals surface area contributed by atoms with E-state index in [0.717, 1.165) is 12.8 Å². The molecule has 0 aromatic heterocycles. The summed E-state index contributed by atoms with van der Waals surface area (Å²) in [6, 6.07) is 21.6. The van der Waals surface area contributed by atoms with Crippen LogP contribution in [0.25, 0.3) is 0 Å². The lowest BCUT2D eigenvalue weighted by Gasteiger charge is -1.95. The zero-order chi connectivity index (χ0) is 15.6. The van der Waals surface area contributed by atoms with Gasteiger partial charge in [0.1, 0.15) is 0 Å². The maximum Gasteiger partial charge on any atom is 0.0573 e. The molecule has 0 nitrogen and oxygen atoms in total. The van der Waals surface area contributed by atoms with Crippen LogP contribution in [-0.2, 0) is 12.8 Å². The zero-order valence-corrected chi connectivity index (χ0v) is 11.8. The van der Waals surface area contributed by atoms with Gasteiger partial charge < -0.3 is 0 Å². The molecule has 0 aliphatic carbocycles. The Morgan fingerprint density at radius 2 is 1.05 bits per heavy atom. The molecule has 0 aliphatic heterocycles. The van der Waals surface area contributed by atoms with E-state index >= 15 is 0 Å². The van der Waals surface area contributed by atoms with Crippen LogP contribution in [0.1, 0.15) is 26.7 Å². The Bertz CT molecular complexity index is 555. The van der Waals surface area contributed by atoms with E-state index in [2.05, 4.69) is 24.3 Å². The number of rotatable bonds is 7. The second-order valence-corrected chi connectivity index (χ2v) is 4.70. The lowest BCUT2D eigenvalue weighted by atomic mass is 10.1. The fourth-order valence-corrected chi connectivity index (χ4v) is 1.96. The monoisotopic (exact) mass is 264 g/mol. The molecule has 0 radical (unpaired) electrons. The molecule has 2 aromatic carbocycles. The maximum atomic E-state index is 7.96. The van der Waals surface area contributed by atoms with Crippen LogP contribution < -0.4 is 0 Å². The summed E-state index contributed by atoms with van der Waals surface area (Å²) in [5, 5.41) is 0. The Morgan fingerprint density at radius 1 is 0.650 bits per heavy atom. The van der Waals surface area contributed by atoms with Crippen LogP contribution in [0.4, 0.5) is 0 Å². The predicted octanol–water partition coefficient (Wildman–Crippen LogP) is 5.36. The van der Waals surface area contributed by atoms with Crippen LogP contribution in [0.2, 0.25) is 0 Å². The average Bonchev–Trinajstić information content (AvgIpc) is 2.58. The first kappa shape index (κ1) is 11.7. The number of benzene rings is 2. The Balaban J connectivity index is 1.76. The van der Waals surface area contributed by atoms with Gasteiger partial charge in [0.15, 0.2) is 0 Å². The van der Waals surface area contributed by atoms with E-state index in [1.54, 1.807) is 0 Å². The minimum absolute atomic E-state index is 0.613. The Morgan fingerprint density at radius 3 is 1.45 bits per heavy atom. The highest BCUT2D eigenvalue weighted by Gasteiger charge is 1.86. The van der Waals surface area contributed by atoms with E-state index in [9.17, 15) is 0 Å². The smallest absolute Gasteiger partial charge is 0.0573 e. The quantitative estimate of drug-likeness (QED) is 0.590. The minimum Gasteiger partial charge on any atom is -0.0879 e. The topological polar surface area (TPSA) is 0 Å². The second-order valence-electron chi connectivity index (χ2n) is 4.70. The average molecular weight is 264 g/mol. The van der Waals surface area contributed by atoms with Crippen molar-refractivity contribution >= 4 is 0 Å². The van der Waals surface area contributed by atoms with Crippen molar-refractivity contribution in [3.63, 3.8) is 0 Å². The second kappa shape index (κ2) is 8.92. The first-order chi connectivity index (χ1) is 10.7. The number of hydrogen-bond donors (Lipinski definition) is 0. The summed E-state index contributed by atoms with van der Waals surface area (Å²) < 4.78 is 15.9. The molecule has 102 valence electrons. The van der Waals surface area contributed by atoms with Gasteiger partial charge in [0.2, 0.25) is 0 Å². The fourth-order valence-electron chi connectivity index (χ4n) is 1.96. The highest BCUT2D eigenvalue weighted by molar-refractivity contribution is 5.18. The van der Waals surface area contributed by atoms with Crippen molar-refractivity contribution in [3.8, 4) is 0 Å². The molecule has 0 amide bonds. The normalized spacial score (nSPS) is 13.8. The van der Waals surface area contributed by atoms with Crippen molar-refractivity contribution in [1.82, 2.24) is 0 Å². The van der Waals surface area contributed by atoms with Crippen molar-refractivity contribution < 1.29 is 2.74 Å². The highest BCUT2D eigenvalue weighted by atomic mass is 13.9. The number of allylic oxidation sites excluding steroid dienone is 4. The van der Waals surface area contributed by atoms with Crippen LogP contribution in [0.5, 0.6) is 0 Å². The Kier molecular flexibility index (Phi) is 5.23. The van der Waals surface area contributed by atoms with Crippen molar-refractivity contribution in [2.24, 2.45) is 0 Å². The van der Waals surface area contributed by atoms with Gasteiger partial charge in [-0.3, -0.25) is 0 Å². The van der Waals surface area contributed by atoms with Gasteiger partial charge in [0, 0.05) is 0 Å². The SMILES string of the molecule is [2H]/C(=C/Cc1ccccc1)CC/C([2H])=C\Cc1ccccc1. The van der Waals surface area contributed by atoms with Crippen molar-refractivity contribution in [2.45, 2.75) is 25.7 Å². The van der Waals surface area contributed by atoms with Crippen LogP contribution in [0, 0.1) is 0 Å². The molecule has 0 saturated carbocycles. The van der Waals surface area contributed by atoms with E-state index in [0.29, 0.717) is 24.9 Å². The molecule has 2 rings (SSSR count). The largest absolute Gasteiger partial charge is 0.0879 e. The van der Waals surface area contributed by atoms with Gasteiger partial charge in [0.05, 0.1) is 2.74 Å². The summed E-state index contributed by atoms with van der Waals surface area (Å²) in [6.45, 7) is 0. The number of hydrogen-bond acceptors (Lipinski definition) is 0. The van der Waals surface area contributed by atoms with Crippen molar-refractivity contribution in [1.29, 1.82) is 0 Å². The van der Waals surface area contributed by atoms with Crippen molar-refractivity contribution in [3.05, 3.63) is 96.0 Å². The summed E-state index contributed by atoms with van der Waals surface area (Å²) in [5.74, 6) is 0. The third-order valence-electron chi connectivity index (χ3n) is 3.06. The molecule has 0 bridgehead atoms. The molecule has 0 heterocycles. The first-order valence-electron chi connectivity index (χ1n) is 8.13. The summed E-state index contributed by atoms with van der Waals surface area (Å²) in [4.78, 5) is 0. The molecule has 0 atom stereocenters. The van der Waals surface area contributed by atoms with E-state index in [-0.39, 0.29) is 0 Å². The first-order valence-corrected chi connectivity index (χ1v) is 7.13. The van der Waals surface area contributed by atoms with E-state index in [1.165, 1.54) is 11.1 Å². The van der Waals surface area contributed by atoms with Crippen LogP contribution in [0.3, 0.4) is 0 Å². The molecule has 0 saturated heterocycles. The predicted molar refractivity (Wildman–Crippen MR) is 87.8 cm³/mol. The van der Waals surface area contributed by atoms with E-state index < -0.39 is 0 Å². The highest BCUT2D eigenvalue weighted by Crippen LogP contribution is 2.03. The molecule has 2 aromatic rings. The summed E-state index contributed by atoms with van der Waals surface area (Å²) in [7, 11) is 0. The Hall–Kier alpha value is -2.08. The molecule has 0 unspecified atom stereocenters. The van der Waals surface area contributed by atoms with Gasteiger partial charge in [-0.2, -0.15) is 0 Å². The molecule has 0 heteroatoms. The molecule has 0 fully saturated rings. The van der Waals surface area contributed by atoms with Gasteiger partial charge >= 0.3 is 0 Å². The fraction of sp³-hybridized carbons (Fsp3) is 0.200. The van der Waals surface area contributed by atoms with Gasteiger partial charge in [0.25, 0.3) is 0 Å². The molecule has 0 aliphatic rings. The molecular formula is C20H22. The van der Waals surface area contributed by atoms with Gasteiger partial charge in [-0.05, 0) is 36.8 Å². The Labute approximate surface area is 125 Å². The van der Waals surface area contributed by atoms with Crippen LogP contribution >= 0.6 is 0 Å². The van der Waals surface area contributed by atoms with Crippen LogP contribution in [-0.4, -0.2) is 0 Å². The van der Waals surface area contributed by atoms with Gasteiger partial charge in [-0.25, -0.2) is 0 Å². The minimum atomic E-state index is 0.613. The zero-order valence-electron chi connectivity index (χ0n) is 13.8. The summed E-state index contributed by atoms with van der Waals surface area (Å²) in [6.07, 6.45) is 6.75. The van der Waals surface area contributed by atoms with Crippen LogP contribution in [0.15, 0.2) is 84.9 Å². The molecule has 20 heavy (non-hydrogen) atoms. The molecule has 0 N–H and O–H groups in total. The molecule has 0 spiro atoms. The summed E-state index contributed by atoms with van der Waals surface area (Å²) >= 11 is 0. The van der Waals surface area contributed by atoms with E-state index in [1.807, 2.05) is 48.6 Å². The lowest BCUT2D eigenvalue weighted by Crippen LogP contribution is -1.79. The maximum absolute atomic E-state index is 7.96.